The van der Waals surface area contributed by atoms with Crippen molar-refractivity contribution in [2.75, 3.05) is 5.32 Å². The van der Waals surface area contributed by atoms with Gasteiger partial charge in [0.15, 0.2) is 0 Å². The molecule has 0 aromatic heterocycles. The second-order valence-corrected chi connectivity index (χ2v) is 6.57. The first-order chi connectivity index (χ1) is 12.9. The van der Waals surface area contributed by atoms with Crippen molar-refractivity contribution in [3.05, 3.63) is 64.7 Å². The Labute approximate surface area is 162 Å². The van der Waals surface area contributed by atoms with Gasteiger partial charge < -0.3 is 15.7 Å². The van der Waals surface area contributed by atoms with Gasteiger partial charge in [0.1, 0.15) is 0 Å². The fourth-order valence-corrected chi connectivity index (χ4v) is 2.77. The Hall–Kier alpha value is -2.86. The molecule has 0 heterocycles. The van der Waals surface area contributed by atoms with Gasteiger partial charge in [0, 0.05) is 23.2 Å². The molecule has 0 saturated carbocycles. The van der Waals surface area contributed by atoms with Gasteiger partial charge in [-0.05, 0) is 43.0 Å². The van der Waals surface area contributed by atoms with Crippen molar-refractivity contribution in [2.24, 2.45) is 0 Å². The summed E-state index contributed by atoms with van der Waals surface area (Å²) in [4.78, 5) is 35.4. The van der Waals surface area contributed by atoms with E-state index in [-0.39, 0.29) is 12.8 Å². The molecule has 142 valence electrons. The highest BCUT2D eigenvalue weighted by atomic mass is 35.5. The zero-order chi connectivity index (χ0) is 19.8. The van der Waals surface area contributed by atoms with Crippen LogP contribution >= 0.6 is 11.6 Å². The van der Waals surface area contributed by atoms with Crippen LogP contribution in [0.2, 0.25) is 5.02 Å². The summed E-state index contributed by atoms with van der Waals surface area (Å²) in [7, 11) is 0. The highest BCUT2D eigenvalue weighted by Gasteiger charge is 2.20. The van der Waals surface area contributed by atoms with Crippen LogP contribution in [0.1, 0.15) is 24.0 Å². The molecule has 27 heavy (non-hydrogen) atoms. The molecule has 0 radical (unpaired) electrons. The summed E-state index contributed by atoms with van der Waals surface area (Å²) in [6.07, 6.45) is 0.551. The number of aliphatic carboxylic acids is 1. The van der Waals surface area contributed by atoms with E-state index in [2.05, 4.69) is 10.6 Å². The van der Waals surface area contributed by atoms with E-state index in [1.54, 1.807) is 25.1 Å². The van der Waals surface area contributed by atoms with Gasteiger partial charge in [-0.3, -0.25) is 14.4 Å². The van der Waals surface area contributed by atoms with Crippen LogP contribution in [-0.2, 0) is 20.8 Å². The van der Waals surface area contributed by atoms with E-state index in [4.69, 9.17) is 16.7 Å². The summed E-state index contributed by atoms with van der Waals surface area (Å²) in [5, 5.41) is 14.6. The highest BCUT2D eigenvalue weighted by molar-refractivity contribution is 6.40. The molecule has 0 aliphatic carbocycles. The highest BCUT2D eigenvalue weighted by Crippen LogP contribution is 2.22. The van der Waals surface area contributed by atoms with Crippen LogP contribution in [-0.4, -0.2) is 28.9 Å². The maximum Gasteiger partial charge on any atom is 0.313 e. The maximum atomic E-state index is 12.3. The fourth-order valence-electron chi connectivity index (χ4n) is 2.59. The Balaban J connectivity index is 2.03. The molecule has 0 fully saturated rings. The number of nitrogens with one attached hydrogen (secondary N) is 2. The first-order valence-electron chi connectivity index (χ1n) is 8.49. The zero-order valence-electron chi connectivity index (χ0n) is 14.9. The predicted octanol–water partition coefficient (Wildman–Crippen LogP) is 3.18. The monoisotopic (exact) mass is 388 g/mol. The van der Waals surface area contributed by atoms with Crippen molar-refractivity contribution >= 4 is 35.1 Å². The van der Waals surface area contributed by atoms with Crippen LogP contribution in [0.4, 0.5) is 5.69 Å². The summed E-state index contributed by atoms with van der Waals surface area (Å²) in [6, 6.07) is 13.9. The van der Waals surface area contributed by atoms with Crippen LogP contribution in [0, 0.1) is 6.92 Å². The average molecular weight is 389 g/mol. The van der Waals surface area contributed by atoms with Gasteiger partial charge >= 0.3 is 17.8 Å². The lowest BCUT2D eigenvalue weighted by Gasteiger charge is -2.18. The van der Waals surface area contributed by atoms with Crippen molar-refractivity contribution in [2.45, 2.75) is 32.2 Å². The summed E-state index contributed by atoms with van der Waals surface area (Å²) in [5.41, 5.74) is 2.05. The molecular weight excluding hydrogens is 368 g/mol. The van der Waals surface area contributed by atoms with Gasteiger partial charge in [0.25, 0.3) is 0 Å². The van der Waals surface area contributed by atoms with Crippen LogP contribution < -0.4 is 10.6 Å². The number of carboxylic acids is 1. The molecule has 0 spiro atoms. The standard InChI is InChI=1S/C20H21ClN2O4/c1-13-16(21)8-5-9-17(13)23-20(27)19(26)22-15(10-11-18(24)25)12-14-6-3-2-4-7-14/h2-9,15H,10-12H2,1H3,(H,22,26)(H,23,27)(H,24,25). The summed E-state index contributed by atoms with van der Waals surface area (Å²) < 4.78 is 0. The van der Waals surface area contributed by atoms with Crippen molar-refractivity contribution < 1.29 is 19.5 Å². The van der Waals surface area contributed by atoms with Crippen molar-refractivity contribution in [3.63, 3.8) is 0 Å². The molecule has 6 nitrogen and oxygen atoms in total. The second-order valence-electron chi connectivity index (χ2n) is 6.16. The van der Waals surface area contributed by atoms with Crippen LogP contribution in [0.5, 0.6) is 0 Å². The second kappa shape index (κ2) is 9.73. The minimum Gasteiger partial charge on any atom is -0.481 e. The van der Waals surface area contributed by atoms with Gasteiger partial charge in [0.05, 0.1) is 0 Å². The third-order valence-electron chi connectivity index (χ3n) is 4.09. The minimum atomic E-state index is -0.957. The topological polar surface area (TPSA) is 95.5 Å². The number of anilines is 1. The molecule has 1 unspecified atom stereocenters. The lowest BCUT2D eigenvalue weighted by Crippen LogP contribution is -2.43. The Morgan fingerprint density at radius 1 is 1.04 bits per heavy atom. The molecule has 0 aliphatic rings. The number of hydrogen-bond acceptors (Lipinski definition) is 3. The number of carbonyl (C=O) groups excluding carboxylic acids is 2. The van der Waals surface area contributed by atoms with E-state index in [1.165, 1.54) is 0 Å². The smallest absolute Gasteiger partial charge is 0.313 e. The number of halogens is 1. The Kier molecular flexibility index (Phi) is 7.37. The molecule has 2 aromatic rings. The lowest BCUT2D eigenvalue weighted by molar-refractivity contribution is -0.138. The third-order valence-corrected chi connectivity index (χ3v) is 4.50. The van der Waals surface area contributed by atoms with E-state index in [0.717, 1.165) is 5.56 Å². The normalized spacial score (nSPS) is 11.5. The molecule has 1 atom stereocenters. The minimum absolute atomic E-state index is 0.104. The van der Waals surface area contributed by atoms with Gasteiger partial charge in [-0.25, -0.2) is 0 Å². The van der Waals surface area contributed by atoms with Gasteiger partial charge in [-0.15, -0.1) is 0 Å². The summed E-state index contributed by atoms with van der Waals surface area (Å²) in [5.74, 6) is -2.60. The molecule has 0 aliphatic heterocycles. The first kappa shape index (κ1) is 20.5. The molecule has 0 bridgehead atoms. The number of carboxylic acid groups (broad SMARTS) is 1. The number of rotatable bonds is 7. The van der Waals surface area contributed by atoms with Crippen molar-refractivity contribution in [3.8, 4) is 0 Å². The van der Waals surface area contributed by atoms with Crippen LogP contribution in [0.3, 0.4) is 0 Å². The van der Waals surface area contributed by atoms with Gasteiger partial charge in [0.2, 0.25) is 0 Å². The van der Waals surface area contributed by atoms with Gasteiger partial charge in [-0.2, -0.15) is 0 Å². The first-order valence-corrected chi connectivity index (χ1v) is 8.87. The molecule has 0 saturated heterocycles. The van der Waals surface area contributed by atoms with Gasteiger partial charge in [-0.1, -0.05) is 48.0 Å². The molecule has 2 rings (SSSR count). The molecule has 2 aromatic carbocycles. The average Bonchev–Trinajstić information content (AvgIpc) is 2.64. The fraction of sp³-hybridized carbons (Fsp3) is 0.250. The molecule has 7 heteroatoms. The quantitative estimate of drug-likeness (QED) is 0.635. The number of benzene rings is 2. The third kappa shape index (κ3) is 6.42. The van der Waals surface area contributed by atoms with E-state index in [1.807, 2.05) is 30.3 Å². The zero-order valence-corrected chi connectivity index (χ0v) is 15.6. The Morgan fingerprint density at radius 2 is 1.74 bits per heavy atom. The number of carbonyl (C=O) groups is 3. The van der Waals surface area contributed by atoms with E-state index < -0.39 is 23.8 Å². The molecular formula is C20H21ClN2O4. The molecule has 2 amide bonds. The maximum absolute atomic E-state index is 12.3. The Bertz CT molecular complexity index is 824. The predicted molar refractivity (Wildman–Crippen MR) is 104 cm³/mol. The Morgan fingerprint density at radius 3 is 2.41 bits per heavy atom. The number of amides is 2. The number of hydrogen-bond donors (Lipinski definition) is 3. The largest absolute Gasteiger partial charge is 0.481 e. The lowest BCUT2D eigenvalue weighted by atomic mass is 10.0. The van der Waals surface area contributed by atoms with Crippen molar-refractivity contribution in [1.82, 2.24) is 5.32 Å². The van der Waals surface area contributed by atoms with Crippen molar-refractivity contribution in [1.29, 1.82) is 0 Å². The summed E-state index contributed by atoms with van der Waals surface area (Å²) in [6.45, 7) is 1.74. The summed E-state index contributed by atoms with van der Waals surface area (Å²) >= 11 is 6.01. The van der Waals surface area contributed by atoms with E-state index in [9.17, 15) is 14.4 Å². The SMILES string of the molecule is Cc1c(Cl)cccc1NC(=O)C(=O)NC(CCC(=O)O)Cc1ccccc1. The van der Waals surface area contributed by atoms with Crippen LogP contribution in [0.15, 0.2) is 48.5 Å². The van der Waals surface area contributed by atoms with E-state index in [0.29, 0.717) is 22.7 Å². The molecule has 3 N–H and O–H groups in total. The van der Waals surface area contributed by atoms with E-state index >= 15 is 0 Å². The van der Waals surface area contributed by atoms with Crippen LogP contribution in [0.25, 0.3) is 0 Å².